The fourth-order valence-electron chi connectivity index (χ4n) is 2.46. The van der Waals surface area contributed by atoms with Crippen LogP contribution in [0.5, 0.6) is 5.75 Å². The second kappa shape index (κ2) is 8.19. The van der Waals surface area contributed by atoms with E-state index in [1.54, 1.807) is 0 Å². The zero-order chi connectivity index (χ0) is 17.5. The normalized spacial score (nSPS) is 11.0. The maximum atomic E-state index is 9.50. The largest absolute Gasteiger partial charge is 0.488 e. The molecule has 0 bridgehead atoms. The predicted octanol–water partition coefficient (Wildman–Crippen LogP) is 5.98. The van der Waals surface area contributed by atoms with Gasteiger partial charge in [0.25, 0.3) is 0 Å². The molecule has 3 rings (SSSR count). The highest BCUT2D eigenvalue weighted by Crippen LogP contribution is 2.26. The van der Waals surface area contributed by atoms with Crippen molar-refractivity contribution in [3.05, 3.63) is 101 Å². The standard InChI is InChI=1S/C22H16ClNO/c23-21-12-6-4-11-19(21)16-25-22-13-7-5-10-18(22)14-20(15-24)17-8-2-1-3-9-17/h1-14H,16H2/b20-14-. The average Bonchev–Trinajstić information content (AvgIpc) is 2.67. The van der Waals surface area contributed by atoms with Gasteiger partial charge in [-0.05, 0) is 23.8 Å². The van der Waals surface area contributed by atoms with Gasteiger partial charge in [-0.15, -0.1) is 0 Å². The highest BCUT2D eigenvalue weighted by molar-refractivity contribution is 6.31. The molecule has 0 N–H and O–H groups in total. The monoisotopic (exact) mass is 345 g/mol. The molecular weight excluding hydrogens is 330 g/mol. The first-order chi connectivity index (χ1) is 12.3. The smallest absolute Gasteiger partial charge is 0.127 e. The van der Waals surface area contributed by atoms with E-state index in [0.29, 0.717) is 23.0 Å². The lowest BCUT2D eigenvalue weighted by atomic mass is 10.0. The van der Waals surface area contributed by atoms with Crippen molar-refractivity contribution in [1.29, 1.82) is 5.26 Å². The molecule has 0 saturated heterocycles. The Morgan fingerprint density at radius 2 is 1.60 bits per heavy atom. The van der Waals surface area contributed by atoms with Crippen LogP contribution in [0.25, 0.3) is 11.6 Å². The van der Waals surface area contributed by atoms with Gasteiger partial charge in [0, 0.05) is 16.1 Å². The fourth-order valence-corrected chi connectivity index (χ4v) is 2.65. The highest BCUT2D eigenvalue weighted by atomic mass is 35.5. The van der Waals surface area contributed by atoms with Crippen molar-refractivity contribution < 1.29 is 4.74 Å². The fraction of sp³-hybridized carbons (Fsp3) is 0.0455. The maximum Gasteiger partial charge on any atom is 0.127 e. The first-order valence-electron chi connectivity index (χ1n) is 7.90. The Morgan fingerprint density at radius 3 is 2.36 bits per heavy atom. The zero-order valence-corrected chi connectivity index (χ0v) is 14.3. The number of hydrogen-bond donors (Lipinski definition) is 0. The Hall–Kier alpha value is -3.02. The van der Waals surface area contributed by atoms with Crippen molar-refractivity contribution in [3.63, 3.8) is 0 Å². The SMILES string of the molecule is N#C/C(=C/c1ccccc1OCc1ccccc1Cl)c1ccccc1. The van der Waals surface area contributed by atoms with Gasteiger partial charge < -0.3 is 4.74 Å². The number of nitriles is 1. The third kappa shape index (κ3) is 4.29. The van der Waals surface area contributed by atoms with Gasteiger partial charge in [-0.25, -0.2) is 0 Å². The molecular formula is C22H16ClNO. The Kier molecular flexibility index (Phi) is 5.51. The summed E-state index contributed by atoms with van der Waals surface area (Å²) in [5.74, 6) is 0.714. The van der Waals surface area contributed by atoms with E-state index < -0.39 is 0 Å². The maximum absolute atomic E-state index is 9.50. The van der Waals surface area contributed by atoms with Gasteiger partial charge in [-0.3, -0.25) is 0 Å². The van der Waals surface area contributed by atoms with Gasteiger partial charge in [-0.2, -0.15) is 5.26 Å². The second-order valence-corrected chi connectivity index (χ2v) is 5.86. The van der Waals surface area contributed by atoms with Crippen LogP contribution in [0.4, 0.5) is 0 Å². The zero-order valence-electron chi connectivity index (χ0n) is 13.5. The van der Waals surface area contributed by atoms with Crippen molar-refractivity contribution in [2.75, 3.05) is 0 Å². The van der Waals surface area contributed by atoms with Crippen LogP contribution < -0.4 is 4.74 Å². The molecule has 0 unspecified atom stereocenters. The summed E-state index contributed by atoms with van der Waals surface area (Å²) < 4.78 is 5.95. The molecule has 0 aliphatic heterocycles. The topological polar surface area (TPSA) is 33.0 Å². The van der Waals surface area contributed by atoms with E-state index in [1.165, 1.54) is 0 Å². The molecule has 0 aliphatic carbocycles. The van der Waals surface area contributed by atoms with Gasteiger partial charge in [0.15, 0.2) is 0 Å². The van der Waals surface area contributed by atoms with Crippen molar-refractivity contribution >= 4 is 23.3 Å². The average molecular weight is 346 g/mol. The predicted molar refractivity (Wildman–Crippen MR) is 102 cm³/mol. The minimum absolute atomic E-state index is 0.373. The van der Waals surface area contributed by atoms with Crippen LogP contribution in [0.1, 0.15) is 16.7 Å². The molecule has 0 atom stereocenters. The van der Waals surface area contributed by atoms with Gasteiger partial charge in [0.2, 0.25) is 0 Å². The summed E-state index contributed by atoms with van der Waals surface area (Å²) in [7, 11) is 0. The van der Waals surface area contributed by atoms with Crippen LogP contribution in [-0.2, 0) is 6.61 Å². The van der Waals surface area contributed by atoms with E-state index in [4.69, 9.17) is 16.3 Å². The summed E-state index contributed by atoms with van der Waals surface area (Å²) in [6.07, 6.45) is 1.84. The molecule has 0 aromatic heterocycles. The second-order valence-electron chi connectivity index (χ2n) is 5.45. The summed E-state index contributed by atoms with van der Waals surface area (Å²) in [5, 5.41) is 10.2. The van der Waals surface area contributed by atoms with Crippen LogP contribution in [-0.4, -0.2) is 0 Å². The first-order valence-corrected chi connectivity index (χ1v) is 8.28. The number of hydrogen-bond acceptors (Lipinski definition) is 2. The molecule has 2 nitrogen and oxygen atoms in total. The van der Waals surface area contributed by atoms with E-state index in [2.05, 4.69) is 6.07 Å². The molecule has 0 amide bonds. The van der Waals surface area contributed by atoms with E-state index >= 15 is 0 Å². The van der Waals surface area contributed by atoms with E-state index in [9.17, 15) is 5.26 Å². The molecule has 3 heteroatoms. The van der Waals surface area contributed by atoms with Crippen LogP contribution in [0.3, 0.4) is 0 Å². The molecule has 0 heterocycles. The molecule has 0 radical (unpaired) electrons. The molecule has 0 saturated carbocycles. The van der Waals surface area contributed by atoms with Crippen molar-refractivity contribution in [3.8, 4) is 11.8 Å². The third-order valence-electron chi connectivity index (χ3n) is 3.77. The number of nitrogens with zero attached hydrogens (tertiary/aromatic N) is 1. The summed E-state index contributed by atoms with van der Waals surface area (Å²) in [6.45, 7) is 0.373. The molecule has 122 valence electrons. The number of para-hydroxylation sites is 1. The minimum atomic E-state index is 0.373. The van der Waals surface area contributed by atoms with Crippen molar-refractivity contribution in [2.45, 2.75) is 6.61 Å². The quantitative estimate of drug-likeness (QED) is 0.420. The van der Waals surface area contributed by atoms with E-state index in [0.717, 1.165) is 16.7 Å². The van der Waals surface area contributed by atoms with E-state index in [1.807, 2.05) is 84.9 Å². The van der Waals surface area contributed by atoms with Crippen LogP contribution in [0.15, 0.2) is 78.9 Å². The Bertz CT molecular complexity index is 926. The van der Waals surface area contributed by atoms with E-state index in [-0.39, 0.29) is 0 Å². The molecule has 0 fully saturated rings. The number of halogens is 1. The summed E-state index contributed by atoms with van der Waals surface area (Å²) in [5.41, 5.74) is 3.25. The first kappa shape index (κ1) is 16.8. The molecule has 25 heavy (non-hydrogen) atoms. The molecule has 3 aromatic carbocycles. The van der Waals surface area contributed by atoms with Crippen LogP contribution >= 0.6 is 11.6 Å². The van der Waals surface area contributed by atoms with Gasteiger partial charge in [0.1, 0.15) is 12.4 Å². The van der Waals surface area contributed by atoms with Crippen LogP contribution in [0.2, 0.25) is 5.02 Å². The third-order valence-corrected chi connectivity index (χ3v) is 4.13. The minimum Gasteiger partial charge on any atom is -0.488 e. The molecule has 0 aliphatic rings. The Morgan fingerprint density at radius 1 is 0.920 bits per heavy atom. The lowest BCUT2D eigenvalue weighted by molar-refractivity contribution is 0.305. The lowest BCUT2D eigenvalue weighted by Gasteiger charge is -2.11. The molecule has 0 spiro atoms. The number of rotatable bonds is 5. The van der Waals surface area contributed by atoms with Gasteiger partial charge >= 0.3 is 0 Å². The highest BCUT2D eigenvalue weighted by Gasteiger charge is 2.06. The number of allylic oxidation sites excluding steroid dienone is 1. The number of benzene rings is 3. The summed E-state index contributed by atoms with van der Waals surface area (Å²) in [6, 6.07) is 27.1. The lowest BCUT2D eigenvalue weighted by Crippen LogP contribution is -1.97. The molecule has 3 aromatic rings. The summed E-state index contributed by atoms with van der Waals surface area (Å²) >= 11 is 6.18. The van der Waals surface area contributed by atoms with Gasteiger partial charge in [-0.1, -0.05) is 78.3 Å². The summed E-state index contributed by atoms with van der Waals surface area (Å²) in [4.78, 5) is 0. The van der Waals surface area contributed by atoms with Gasteiger partial charge in [0.05, 0.1) is 11.6 Å². The van der Waals surface area contributed by atoms with Crippen LogP contribution in [0, 0.1) is 11.3 Å². The van der Waals surface area contributed by atoms with Crippen molar-refractivity contribution in [1.82, 2.24) is 0 Å². The van der Waals surface area contributed by atoms with Crippen molar-refractivity contribution in [2.24, 2.45) is 0 Å². The number of ether oxygens (including phenoxy) is 1. The Labute approximate surface area is 152 Å². The Balaban J connectivity index is 1.87.